The van der Waals surface area contributed by atoms with Gasteiger partial charge in [-0.25, -0.2) is 4.98 Å². The molecule has 3 nitrogen and oxygen atoms in total. The van der Waals surface area contributed by atoms with E-state index in [1.807, 2.05) is 32.0 Å². The summed E-state index contributed by atoms with van der Waals surface area (Å²) < 4.78 is 5.49. The van der Waals surface area contributed by atoms with Crippen LogP contribution in [0.1, 0.15) is 19.5 Å². The molecule has 1 rings (SSSR count). The summed E-state index contributed by atoms with van der Waals surface area (Å²) in [5.74, 6) is 0. The molecule has 0 unspecified atom stereocenters. The van der Waals surface area contributed by atoms with E-state index in [1.54, 1.807) is 21.6 Å². The van der Waals surface area contributed by atoms with E-state index >= 15 is 0 Å². The fourth-order valence-electron chi connectivity index (χ4n) is 1.08. The van der Waals surface area contributed by atoms with Crippen LogP contribution in [0.4, 0.5) is 0 Å². The number of hydrogen-bond donors (Lipinski definition) is 2. The summed E-state index contributed by atoms with van der Waals surface area (Å²) in [5.41, 5.74) is 0.922. The number of ether oxygens (including phenoxy) is 1. The molecule has 0 bridgehead atoms. The highest BCUT2D eigenvalue weighted by Crippen LogP contribution is 2.32. The van der Waals surface area contributed by atoms with Crippen molar-refractivity contribution in [3.8, 4) is 0 Å². The van der Waals surface area contributed by atoms with Gasteiger partial charge in [-0.05, 0) is 22.9 Å². The van der Waals surface area contributed by atoms with Crippen molar-refractivity contribution in [2.45, 2.75) is 36.0 Å². The Morgan fingerprint density at radius 3 is 2.89 bits per heavy atom. The molecule has 0 spiro atoms. The van der Waals surface area contributed by atoms with Gasteiger partial charge in [-0.15, -0.1) is 0 Å². The predicted molar refractivity (Wildman–Crippen MR) is 82.3 cm³/mol. The molecule has 0 aromatic carbocycles. The molecular weight excluding hydrogens is 286 g/mol. The lowest BCUT2D eigenvalue weighted by Gasteiger charge is -2.08. The molecule has 0 fully saturated rings. The quantitative estimate of drug-likeness (QED) is 0.571. The fourth-order valence-corrected chi connectivity index (χ4v) is 3.05. The first-order chi connectivity index (χ1) is 8.61. The molecule has 0 amide bonds. The maximum absolute atomic E-state index is 8.95. The molecule has 0 radical (unpaired) electrons. The summed E-state index contributed by atoms with van der Waals surface area (Å²) in [6.07, 6.45) is 0. The molecule has 6 heteroatoms. The fraction of sp³-hybridized carbons (Fsp3) is 0.583. The molecule has 18 heavy (non-hydrogen) atoms. The minimum atomic E-state index is 0.181. The summed E-state index contributed by atoms with van der Waals surface area (Å²) in [6, 6.07) is 5.89. The lowest BCUT2D eigenvalue weighted by molar-refractivity contribution is 0.122. The molecule has 2 atom stereocenters. The van der Waals surface area contributed by atoms with Crippen LogP contribution < -0.4 is 0 Å². The Morgan fingerprint density at radius 2 is 2.22 bits per heavy atom. The molecule has 1 aromatic heterocycles. The Labute approximate surface area is 122 Å². The van der Waals surface area contributed by atoms with Crippen LogP contribution in [-0.2, 0) is 11.3 Å². The molecule has 1 heterocycles. The standard InChI is InChI=1S/C12H19NO2S3/c1-9(16)7-15-8-11-4-3-5-12(13-11)18-17-10(2)6-14/h3-5,9-10,14,16H,6-8H2,1-2H3/t9-,10-/m1/s1. The number of aliphatic hydroxyl groups excluding tert-OH is 1. The molecule has 0 aliphatic carbocycles. The summed E-state index contributed by atoms with van der Waals surface area (Å²) in [6.45, 7) is 5.30. The zero-order valence-electron chi connectivity index (χ0n) is 10.6. The maximum Gasteiger partial charge on any atom is 0.107 e. The zero-order chi connectivity index (χ0) is 13.4. The minimum absolute atomic E-state index is 0.181. The number of aromatic nitrogens is 1. The lowest BCUT2D eigenvalue weighted by atomic mass is 10.4. The van der Waals surface area contributed by atoms with Crippen LogP contribution in [0.25, 0.3) is 0 Å². The van der Waals surface area contributed by atoms with Crippen LogP contribution in [0.2, 0.25) is 0 Å². The Balaban J connectivity index is 2.41. The van der Waals surface area contributed by atoms with Crippen LogP contribution in [0.15, 0.2) is 23.2 Å². The van der Waals surface area contributed by atoms with Gasteiger partial charge >= 0.3 is 0 Å². The first-order valence-corrected chi connectivity index (χ1v) is 8.50. The van der Waals surface area contributed by atoms with Crippen molar-refractivity contribution >= 4 is 34.2 Å². The van der Waals surface area contributed by atoms with Gasteiger partial charge in [0.15, 0.2) is 0 Å². The summed E-state index contributed by atoms with van der Waals surface area (Å²) in [7, 11) is 3.20. The van der Waals surface area contributed by atoms with Crippen molar-refractivity contribution in [2.24, 2.45) is 0 Å². The molecule has 1 aromatic rings. The topological polar surface area (TPSA) is 42.4 Å². The first-order valence-electron chi connectivity index (χ1n) is 5.77. The van der Waals surface area contributed by atoms with Crippen LogP contribution in [0.3, 0.4) is 0 Å². The second-order valence-corrected chi connectivity index (χ2v) is 7.55. The van der Waals surface area contributed by atoms with Crippen molar-refractivity contribution in [1.82, 2.24) is 4.98 Å². The van der Waals surface area contributed by atoms with Crippen molar-refractivity contribution in [3.05, 3.63) is 23.9 Å². The summed E-state index contributed by atoms with van der Waals surface area (Å²) in [5, 5.41) is 10.3. The third-order valence-corrected chi connectivity index (χ3v) is 4.85. The summed E-state index contributed by atoms with van der Waals surface area (Å²) >= 11 is 4.25. The third kappa shape index (κ3) is 6.89. The van der Waals surface area contributed by atoms with E-state index in [2.05, 4.69) is 17.6 Å². The number of pyridine rings is 1. The Bertz CT molecular complexity index is 350. The van der Waals surface area contributed by atoms with Gasteiger partial charge in [0.25, 0.3) is 0 Å². The average molecular weight is 305 g/mol. The van der Waals surface area contributed by atoms with Gasteiger partial charge in [0.05, 0.1) is 25.5 Å². The largest absolute Gasteiger partial charge is 0.395 e. The molecule has 0 aliphatic rings. The van der Waals surface area contributed by atoms with Crippen molar-refractivity contribution < 1.29 is 9.84 Å². The number of thiol groups is 1. The van der Waals surface area contributed by atoms with Gasteiger partial charge in [-0.2, -0.15) is 12.6 Å². The van der Waals surface area contributed by atoms with E-state index in [-0.39, 0.29) is 17.1 Å². The molecule has 0 aliphatic heterocycles. The average Bonchev–Trinajstić information content (AvgIpc) is 2.36. The van der Waals surface area contributed by atoms with Gasteiger partial charge in [0, 0.05) is 10.5 Å². The molecular formula is C12H19NO2S3. The number of hydrogen-bond acceptors (Lipinski definition) is 6. The predicted octanol–water partition coefficient (Wildman–Crippen LogP) is 3.04. The van der Waals surface area contributed by atoms with Crippen LogP contribution in [0.5, 0.6) is 0 Å². The minimum Gasteiger partial charge on any atom is -0.395 e. The summed E-state index contributed by atoms with van der Waals surface area (Å²) in [4.78, 5) is 4.49. The van der Waals surface area contributed by atoms with Crippen LogP contribution >= 0.6 is 34.2 Å². The highest BCUT2D eigenvalue weighted by Gasteiger charge is 2.04. The SMILES string of the molecule is C[C@H](CO)SSc1cccc(COC[C@@H](C)S)n1. The third-order valence-electron chi connectivity index (χ3n) is 1.95. The molecule has 1 N–H and O–H groups in total. The Kier molecular flexibility index (Phi) is 8.17. The van der Waals surface area contributed by atoms with Crippen molar-refractivity contribution in [2.75, 3.05) is 13.2 Å². The molecule has 0 saturated carbocycles. The molecule has 102 valence electrons. The smallest absolute Gasteiger partial charge is 0.107 e. The lowest BCUT2D eigenvalue weighted by Crippen LogP contribution is -2.05. The highest BCUT2D eigenvalue weighted by molar-refractivity contribution is 8.76. The van der Waals surface area contributed by atoms with E-state index in [9.17, 15) is 0 Å². The van der Waals surface area contributed by atoms with E-state index in [1.165, 1.54) is 0 Å². The number of rotatable bonds is 8. The monoisotopic (exact) mass is 305 g/mol. The van der Waals surface area contributed by atoms with Gasteiger partial charge in [0.1, 0.15) is 5.03 Å². The normalized spacial score (nSPS) is 14.4. The first kappa shape index (κ1) is 16.2. The number of nitrogens with zero attached hydrogens (tertiary/aromatic N) is 1. The van der Waals surface area contributed by atoms with Crippen molar-refractivity contribution in [1.29, 1.82) is 0 Å². The van der Waals surface area contributed by atoms with Gasteiger partial charge in [-0.1, -0.05) is 30.7 Å². The Hall–Kier alpha value is 0.120. The van der Waals surface area contributed by atoms with E-state index in [4.69, 9.17) is 9.84 Å². The van der Waals surface area contributed by atoms with Gasteiger partial charge < -0.3 is 9.84 Å². The molecule has 0 saturated heterocycles. The maximum atomic E-state index is 8.95. The van der Waals surface area contributed by atoms with Crippen LogP contribution in [0, 0.1) is 0 Å². The van der Waals surface area contributed by atoms with Crippen LogP contribution in [-0.4, -0.2) is 33.8 Å². The van der Waals surface area contributed by atoms with Crippen molar-refractivity contribution in [3.63, 3.8) is 0 Å². The second kappa shape index (κ2) is 9.09. The highest BCUT2D eigenvalue weighted by atomic mass is 33.1. The van der Waals surface area contributed by atoms with E-state index in [0.717, 1.165) is 10.7 Å². The Morgan fingerprint density at radius 1 is 1.44 bits per heavy atom. The second-order valence-electron chi connectivity index (χ2n) is 4.00. The number of aliphatic hydroxyl groups is 1. The van der Waals surface area contributed by atoms with Gasteiger partial charge in [-0.3, -0.25) is 0 Å². The van der Waals surface area contributed by atoms with Gasteiger partial charge in [0.2, 0.25) is 0 Å². The van der Waals surface area contributed by atoms with E-state index in [0.29, 0.717) is 13.2 Å². The zero-order valence-corrected chi connectivity index (χ0v) is 13.1. The van der Waals surface area contributed by atoms with E-state index < -0.39 is 0 Å².